The first-order chi connectivity index (χ1) is 8.29. The lowest BCUT2D eigenvalue weighted by Gasteiger charge is -2.25. The van der Waals surface area contributed by atoms with E-state index in [9.17, 15) is 0 Å². The molecule has 2 N–H and O–H groups in total. The zero-order chi connectivity index (χ0) is 13.8. The lowest BCUT2D eigenvalue weighted by Crippen LogP contribution is -2.28. The summed E-state index contributed by atoms with van der Waals surface area (Å²) in [7, 11) is 0. The standard InChI is InChI=1S/C15H24ClNO/c1-11(17)14(18-9-8-15(2,3)4)12-6-5-7-13(16)10-12/h5-7,10-11,14H,8-9,17H2,1-4H3. The van der Waals surface area contributed by atoms with E-state index in [0.717, 1.165) is 17.0 Å². The Balaban J connectivity index is 2.66. The first-order valence-electron chi connectivity index (χ1n) is 6.42. The van der Waals surface area contributed by atoms with Gasteiger partial charge in [0, 0.05) is 17.7 Å². The molecule has 0 amide bonds. The molecule has 0 spiro atoms. The van der Waals surface area contributed by atoms with Gasteiger partial charge >= 0.3 is 0 Å². The van der Waals surface area contributed by atoms with E-state index in [2.05, 4.69) is 20.8 Å². The highest BCUT2D eigenvalue weighted by Gasteiger charge is 2.18. The molecule has 3 heteroatoms. The second-order valence-electron chi connectivity index (χ2n) is 6.02. The molecule has 0 aliphatic heterocycles. The molecular formula is C15H24ClNO. The highest BCUT2D eigenvalue weighted by Crippen LogP contribution is 2.25. The summed E-state index contributed by atoms with van der Waals surface area (Å²) in [4.78, 5) is 0. The van der Waals surface area contributed by atoms with E-state index in [4.69, 9.17) is 22.1 Å². The van der Waals surface area contributed by atoms with Crippen LogP contribution in [0.2, 0.25) is 5.02 Å². The van der Waals surface area contributed by atoms with Gasteiger partial charge in [0.05, 0.1) is 6.10 Å². The molecule has 0 saturated heterocycles. The molecule has 1 aromatic carbocycles. The third-order valence-electron chi connectivity index (χ3n) is 2.80. The van der Waals surface area contributed by atoms with Gasteiger partial charge in [-0.3, -0.25) is 0 Å². The van der Waals surface area contributed by atoms with Crippen molar-refractivity contribution in [1.29, 1.82) is 0 Å². The molecule has 0 aromatic heterocycles. The number of benzene rings is 1. The number of ether oxygens (including phenoxy) is 1. The van der Waals surface area contributed by atoms with Gasteiger partial charge in [-0.1, -0.05) is 44.5 Å². The predicted molar refractivity (Wildman–Crippen MR) is 77.9 cm³/mol. The average molecular weight is 270 g/mol. The smallest absolute Gasteiger partial charge is 0.0973 e. The summed E-state index contributed by atoms with van der Waals surface area (Å²) in [5, 5.41) is 0.720. The molecule has 2 unspecified atom stereocenters. The minimum Gasteiger partial charge on any atom is -0.372 e. The summed E-state index contributed by atoms with van der Waals surface area (Å²) >= 11 is 6.00. The fraction of sp³-hybridized carbons (Fsp3) is 0.600. The molecule has 2 nitrogen and oxygen atoms in total. The summed E-state index contributed by atoms with van der Waals surface area (Å²) in [6.45, 7) is 9.29. The van der Waals surface area contributed by atoms with Gasteiger partial charge in [-0.15, -0.1) is 0 Å². The maximum Gasteiger partial charge on any atom is 0.0973 e. The molecule has 0 fully saturated rings. The fourth-order valence-electron chi connectivity index (χ4n) is 1.73. The van der Waals surface area contributed by atoms with Crippen molar-refractivity contribution in [3.05, 3.63) is 34.9 Å². The summed E-state index contributed by atoms with van der Waals surface area (Å²) in [6.07, 6.45) is 0.919. The lowest BCUT2D eigenvalue weighted by molar-refractivity contribution is 0.0242. The molecular weight excluding hydrogens is 246 g/mol. The fourth-order valence-corrected chi connectivity index (χ4v) is 1.93. The Kier molecular flexibility index (Phi) is 5.64. The highest BCUT2D eigenvalue weighted by atomic mass is 35.5. The van der Waals surface area contributed by atoms with Gasteiger partial charge < -0.3 is 10.5 Å². The minimum absolute atomic E-state index is 0.0524. The molecule has 0 radical (unpaired) electrons. The van der Waals surface area contributed by atoms with Crippen LogP contribution < -0.4 is 5.73 Å². The van der Waals surface area contributed by atoms with Gasteiger partial charge in [0.15, 0.2) is 0 Å². The zero-order valence-electron chi connectivity index (χ0n) is 11.7. The minimum atomic E-state index is -0.0916. The van der Waals surface area contributed by atoms with Crippen LogP contribution in [-0.2, 0) is 4.74 Å². The molecule has 102 valence electrons. The largest absolute Gasteiger partial charge is 0.372 e. The Hall–Kier alpha value is -0.570. The summed E-state index contributed by atoms with van der Waals surface area (Å²) in [6, 6.07) is 7.67. The lowest BCUT2D eigenvalue weighted by atomic mass is 9.93. The topological polar surface area (TPSA) is 35.2 Å². The highest BCUT2D eigenvalue weighted by molar-refractivity contribution is 6.30. The second kappa shape index (κ2) is 6.55. The molecule has 2 atom stereocenters. The van der Waals surface area contributed by atoms with Crippen molar-refractivity contribution < 1.29 is 4.74 Å². The SMILES string of the molecule is CC(N)C(OCCC(C)(C)C)c1cccc(Cl)c1. The van der Waals surface area contributed by atoms with Crippen molar-refractivity contribution in [2.45, 2.75) is 46.3 Å². The summed E-state index contributed by atoms with van der Waals surface area (Å²) in [5.74, 6) is 0. The van der Waals surface area contributed by atoms with Crippen molar-refractivity contribution in [3.63, 3.8) is 0 Å². The third kappa shape index (κ3) is 5.38. The van der Waals surface area contributed by atoms with Crippen LogP contribution in [0.5, 0.6) is 0 Å². The van der Waals surface area contributed by atoms with Gasteiger partial charge in [0.2, 0.25) is 0 Å². The molecule has 0 aliphatic rings. The maximum absolute atomic E-state index is 6.00. The van der Waals surface area contributed by atoms with Gasteiger partial charge in [-0.2, -0.15) is 0 Å². The number of rotatable bonds is 5. The van der Waals surface area contributed by atoms with Crippen molar-refractivity contribution in [2.75, 3.05) is 6.61 Å². The van der Waals surface area contributed by atoms with Crippen molar-refractivity contribution in [3.8, 4) is 0 Å². The number of hydrogen-bond acceptors (Lipinski definition) is 2. The average Bonchev–Trinajstić information content (AvgIpc) is 2.22. The van der Waals surface area contributed by atoms with Crippen LogP contribution in [0.1, 0.15) is 45.8 Å². The molecule has 0 aliphatic carbocycles. The van der Waals surface area contributed by atoms with Gasteiger partial charge in [-0.25, -0.2) is 0 Å². The van der Waals surface area contributed by atoms with E-state index < -0.39 is 0 Å². The number of nitrogens with two attached hydrogens (primary N) is 1. The van der Waals surface area contributed by atoms with Gasteiger partial charge in [-0.05, 0) is 36.5 Å². The van der Waals surface area contributed by atoms with Crippen LogP contribution >= 0.6 is 11.6 Å². The summed E-state index contributed by atoms with van der Waals surface area (Å²) < 4.78 is 5.94. The molecule has 1 rings (SSSR count). The third-order valence-corrected chi connectivity index (χ3v) is 3.04. The van der Waals surface area contributed by atoms with Crippen LogP contribution in [0, 0.1) is 5.41 Å². The van der Waals surface area contributed by atoms with E-state index in [-0.39, 0.29) is 17.6 Å². The number of hydrogen-bond donors (Lipinski definition) is 1. The van der Waals surface area contributed by atoms with E-state index in [0.29, 0.717) is 6.61 Å². The Bertz CT molecular complexity index is 371. The van der Waals surface area contributed by atoms with Crippen LogP contribution in [0.25, 0.3) is 0 Å². The normalized spacial score (nSPS) is 15.4. The number of halogens is 1. The van der Waals surface area contributed by atoms with Crippen molar-refractivity contribution >= 4 is 11.6 Å². The van der Waals surface area contributed by atoms with Crippen molar-refractivity contribution in [2.24, 2.45) is 11.1 Å². The Morgan fingerprint density at radius 1 is 1.33 bits per heavy atom. The van der Waals surface area contributed by atoms with Crippen LogP contribution in [0.3, 0.4) is 0 Å². The molecule has 0 heterocycles. The molecule has 18 heavy (non-hydrogen) atoms. The van der Waals surface area contributed by atoms with E-state index in [1.807, 2.05) is 31.2 Å². The Labute approximate surface area is 115 Å². The maximum atomic E-state index is 6.00. The first kappa shape index (κ1) is 15.5. The second-order valence-corrected chi connectivity index (χ2v) is 6.45. The van der Waals surface area contributed by atoms with E-state index >= 15 is 0 Å². The monoisotopic (exact) mass is 269 g/mol. The van der Waals surface area contributed by atoms with E-state index in [1.165, 1.54) is 0 Å². The van der Waals surface area contributed by atoms with Crippen LogP contribution in [0.15, 0.2) is 24.3 Å². The van der Waals surface area contributed by atoms with Crippen LogP contribution in [0.4, 0.5) is 0 Å². The molecule has 1 aromatic rings. The van der Waals surface area contributed by atoms with Crippen molar-refractivity contribution in [1.82, 2.24) is 0 Å². The zero-order valence-corrected chi connectivity index (χ0v) is 12.5. The summed E-state index contributed by atoms with van der Waals surface area (Å²) in [5.41, 5.74) is 7.32. The quantitative estimate of drug-likeness (QED) is 0.870. The Morgan fingerprint density at radius 2 is 2.00 bits per heavy atom. The van der Waals surface area contributed by atoms with Gasteiger partial charge in [0.1, 0.15) is 0 Å². The molecule has 0 saturated carbocycles. The first-order valence-corrected chi connectivity index (χ1v) is 6.80. The van der Waals surface area contributed by atoms with Gasteiger partial charge in [0.25, 0.3) is 0 Å². The predicted octanol–water partition coefficient (Wildman–Crippen LogP) is 4.18. The van der Waals surface area contributed by atoms with Crippen LogP contribution in [-0.4, -0.2) is 12.6 Å². The molecule has 0 bridgehead atoms. The Morgan fingerprint density at radius 3 is 2.50 bits per heavy atom. The van der Waals surface area contributed by atoms with E-state index in [1.54, 1.807) is 0 Å².